The van der Waals surface area contributed by atoms with E-state index < -0.39 is 0 Å². The average Bonchev–Trinajstić information content (AvgIpc) is 2.47. The van der Waals surface area contributed by atoms with Crippen LogP contribution in [0.25, 0.3) is 0 Å². The monoisotopic (exact) mass is 184 g/mol. The molecule has 1 aliphatic rings. The van der Waals surface area contributed by atoms with Crippen molar-refractivity contribution in [1.82, 2.24) is 0 Å². The summed E-state index contributed by atoms with van der Waals surface area (Å²) in [4.78, 5) is 1.30. The second-order valence-electron chi connectivity index (χ2n) is 2.72. The van der Waals surface area contributed by atoms with Crippen molar-refractivity contribution >= 4 is 16.3 Å². The lowest BCUT2D eigenvalue weighted by molar-refractivity contribution is 0.325. The normalized spacial score (nSPS) is 14.8. The second-order valence-corrected chi connectivity index (χ2v) is 3.86. The Bertz CT molecular complexity index is 249. The Morgan fingerprint density at radius 2 is 2.58 bits per heavy atom. The lowest BCUT2D eigenvalue weighted by Crippen LogP contribution is -2.15. The molecule has 2 rings (SSSR count). The molecule has 0 aromatic carbocycles. The molecule has 0 bridgehead atoms. The smallest absolute Gasteiger partial charge is 0.153 e. The topological polar surface area (TPSA) is 47.3 Å². The quantitative estimate of drug-likeness (QED) is 0.722. The number of anilines is 1. The summed E-state index contributed by atoms with van der Waals surface area (Å²) in [6.07, 6.45) is 0.947. The fraction of sp³-hybridized carbons (Fsp3) is 0.500. The summed E-state index contributed by atoms with van der Waals surface area (Å²) >= 11 is 1.74. The predicted octanol–water partition coefficient (Wildman–Crippen LogP) is 1.05. The first-order valence-electron chi connectivity index (χ1n) is 4.09. The predicted molar refractivity (Wildman–Crippen MR) is 51.1 cm³/mol. The fourth-order valence-corrected chi connectivity index (χ4v) is 2.28. The Labute approximate surface area is 75.5 Å². The third-order valence-corrected chi connectivity index (χ3v) is 2.92. The van der Waals surface area contributed by atoms with Crippen LogP contribution in [0.1, 0.15) is 4.88 Å². The number of nitrogens with two attached hydrogens (primary N) is 1. The molecule has 1 aromatic rings. The van der Waals surface area contributed by atoms with E-state index in [9.17, 15) is 0 Å². The molecule has 0 spiro atoms. The number of ether oxygens (including phenoxy) is 1. The van der Waals surface area contributed by atoms with Crippen LogP contribution in [0.15, 0.2) is 6.07 Å². The van der Waals surface area contributed by atoms with Gasteiger partial charge in [0.2, 0.25) is 0 Å². The third kappa shape index (κ3) is 1.40. The standard InChI is InChI=1S/C8H12N2OS/c9-2-1-6-5-7-8(12-6)10-3-4-11-7/h5,10H,1-4,9H2. The van der Waals surface area contributed by atoms with Crippen molar-refractivity contribution in [2.75, 3.05) is 25.0 Å². The maximum absolute atomic E-state index is 5.46. The van der Waals surface area contributed by atoms with Crippen molar-refractivity contribution in [2.45, 2.75) is 6.42 Å². The van der Waals surface area contributed by atoms with Crippen molar-refractivity contribution in [3.8, 4) is 5.75 Å². The van der Waals surface area contributed by atoms with Crippen LogP contribution in [-0.4, -0.2) is 19.7 Å². The molecule has 1 aromatic heterocycles. The number of thiophene rings is 1. The van der Waals surface area contributed by atoms with Crippen LogP contribution in [0, 0.1) is 0 Å². The van der Waals surface area contributed by atoms with Gasteiger partial charge in [-0.1, -0.05) is 0 Å². The lowest BCUT2D eigenvalue weighted by Gasteiger charge is -2.13. The first-order chi connectivity index (χ1) is 5.90. The minimum atomic E-state index is 0.708. The van der Waals surface area contributed by atoms with Crippen LogP contribution in [0.2, 0.25) is 0 Å². The van der Waals surface area contributed by atoms with Gasteiger partial charge in [0.05, 0.1) is 0 Å². The number of rotatable bonds is 2. The molecular formula is C8H12N2OS. The molecular weight excluding hydrogens is 172 g/mol. The van der Waals surface area contributed by atoms with Gasteiger partial charge in [-0.05, 0) is 19.0 Å². The van der Waals surface area contributed by atoms with Crippen LogP contribution in [0.4, 0.5) is 5.00 Å². The van der Waals surface area contributed by atoms with Gasteiger partial charge >= 0.3 is 0 Å². The first-order valence-corrected chi connectivity index (χ1v) is 4.91. The first kappa shape index (κ1) is 7.89. The molecule has 0 saturated carbocycles. The van der Waals surface area contributed by atoms with Gasteiger partial charge in [-0.15, -0.1) is 11.3 Å². The fourth-order valence-electron chi connectivity index (χ4n) is 1.24. The molecule has 0 aliphatic carbocycles. The molecule has 2 heterocycles. The Hall–Kier alpha value is -0.740. The molecule has 3 N–H and O–H groups in total. The Morgan fingerprint density at radius 3 is 3.33 bits per heavy atom. The Kier molecular flexibility index (Phi) is 2.19. The molecule has 1 aliphatic heterocycles. The van der Waals surface area contributed by atoms with Gasteiger partial charge in [0.15, 0.2) is 5.75 Å². The van der Waals surface area contributed by atoms with E-state index in [-0.39, 0.29) is 0 Å². The van der Waals surface area contributed by atoms with Crippen LogP contribution in [0.5, 0.6) is 5.75 Å². The summed E-state index contributed by atoms with van der Waals surface area (Å²) in [5.74, 6) is 0.995. The minimum absolute atomic E-state index is 0.708. The molecule has 0 fully saturated rings. The molecule has 66 valence electrons. The molecule has 0 atom stereocenters. The van der Waals surface area contributed by atoms with Crippen LogP contribution in [-0.2, 0) is 6.42 Å². The van der Waals surface area contributed by atoms with Crippen LogP contribution in [0.3, 0.4) is 0 Å². The molecule has 0 unspecified atom stereocenters. The van der Waals surface area contributed by atoms with Gasteiger partial charge in [-0.3, -0.25) is 0 Å². The second kappa shape index (κ2) is 3.33. The van der Waals surface area contributed by atoms with Crippen molar-refractivity contribution in [3.63, 3.8) is 0 Å². The van der Waals surface area contributed by atoms with Gasteiger partial charge in [-0.2, -0.15) is 0 Å². The van der Waals surface area contributed by atoms with Crippen molar-refractivity contribution < 1.29 is 4.74 Å². The van der Waals surface area contributed by atoms with E-state index in [2.05, 4.69) is 11.4 Å². The number of nitrogens with one attached hydrogen (secondary N) is 1. The average molecular weight is 184 g/mol. The van der Waals surface area contributed by atoms with Gasteiger partial charge in [0, 0.05) is 11.4 Å². The van der Waals surface area contributed by atoms with Crippen LogP contribution < -0.4 is 15.8 Å². The highest BCUT2D eigenvalue weighted by molar-refractivity contribution is 7.16. The molecule has 3 nitrogen and oxygen atoms in total. The molecule has 4 heteroatoms. The highest BCUT2D eigenvalue weighted by atomic mass is 32.1. The van der Waals surface area contributed by atoms with E-state index in [1.165, 1.54) is 4.88 Å². The van der Waals surface area contributed by atoms with Crippen molar-refractivity contribution in [2.24, 2.45) is 5.73 Å². The summed E-state index contributed by atoms with van der Waals surface area (Å²) < 4.78 is 5.46. The van der Waals surface area contributed by atoms with E-state index in [1.54, 1.807) is 11.3 Å². The molecule has 0 saturated heterocycles. The zero-order valence-corrected chi connectivity index (χ0v) is 7.62. The molecule has 12 heavy (non-hydrogen) atoms. The van der Waals surface area contributed by atoms with Crippen LogP contribution >= 0.6 is 11.3 Å². The zero-order valence-electron chi connectivity index (χ0n) is 6.80. The third-order valence-electron chi connectivity index (χ3n) is 1.78. The van der Waals surface area contributed by atoms with Gasteiger partial charge in [-0.25, -0.2) is 0 Å². The summed E-state index contributed by atoms with van der Waals surface area (Å²) in [5, 5.41) is 4.45. The summed E-state index contributed by atoms with van der Waals surface area (Å²) in [5.41, 5.74) is 5.46. The zero-order chi connectivity index (χ0) is 8.39. The van der Waals surface area contributed by atoms with E-state index in [1.807, 2.05) is 0 Å². The molecule has 0 amide bonds. The Morgan fingerprint density at radius 1 is 1.67 bits per heavy atom. The van der Waals surface area contributed by atoms with Gasteiger partial charge in [0.25, 0.3) is 0 Å². The number of hydrogen-bond donors (Lipinski definition) is 2. The van der Waals surface area contributed by atoms with E-state index >= 15 is 0 Å². The Balaban J connectivity index is 2.20. The highest BCUT2D eigenvalue weighted by Crippen LogP contribution is 2.36. The SMILES string of the molecule is NCCc1cc2c(s1)NCCO2. The van der Waals surface area contributed by atoms with Gasteiger partial charge in [0.1, 0.15) is 11.6 Å². The summed E-state index contributed by atoms with van der Waals surface area (Å²) in [7, 11) is 0. The minimum Gasteiger partial charge on any atom is -0.489 e. The van der Waals surface area contributed by atoms with Crippen molar-refractivity contribution in [3.05, 3.63) is 10.9 Å². The highest BCUT2D eigenvalue weighted by Gasteiger charge is 2.13. The number of hydrogen-bond acceptors (Lipinski definition) is 4. The maximum atomic E-state index is 5.46. The van der Waals surface area contributed by atoms with Crippen molar-refractivity contribution in [1.29, 1.82) is 0 Å². The summed E-state index contributed by atoms with van der Waals surface area (Å²) in [6, 6.07) is 2.08. The molecule has 0 radical (unpaired) electrons. The lowest BCUT2D eigenvalue weighted by atomic mass is 10.3. The van der Waals surface area contributed by atoms with Gasteiger partial charge < -0.3 is 15.8 Å². The maximum Gasteiger partial charge on any atom is 0.153 e. The van der Waals surface area contributed by atoms with E-state index in [0.717, 1.165) is 30.3 Å². The largest absolute Gasteiger partial charge is 0.489 e. The number of fused-ring (bicyclic) bond motifs is 1. The van der Waals surface area contributed by atoms with E-state index in [4.69, 9.17) is 10.5 Å². The van der Waals surface area contributed by atoms with E-state index in [0.29, 0.717) is 6.54 Å². The summed E-state index contributed by atoms with van der Waals surface area (Å²) in [6.45, 7) is 2.39.